The normalized spacial score (nSPS) is 10.1. The van der Waals surface area contributed by atoms with Crippen LogP contribution in [0.3, 0.4) is 0 Å². The van der Waals surface area contributed by atoms with Gasteiger partial charge in [-0.3, -0.25) is 0 Å². The van der Waals surface area contributed by atoms with Crippen LogP contribution in [0.25, 0.3) is 0 Å². The van der Waals surface area contributed by atoms with Crippen molar-refractivity contribution in [1.82, 2.24) is 9.97 Å². The van der Waals surface area contributed by atoms with Crippen molar-refractivity contribution in [2.24, 2.45) is 0 Å². The maximum absolute atomic E-state index is 13.1. The van der Waals surface area contributed by atoms with Gasteiger partial charge in [-0.2, -0.15) is 0 Å². The first kappa shape index (κ1) is 8.68. The molecule has 0 aliphatic carbocycles. The number of halogens is 2. The number of aromatic nitrogens is 2. The van der Waals surface area contributed by atoms with Crippen molar-refractivity contribution >= 4 is 11.6 Å². The topological polar surface area (TPSA) is 40.7 Å². The van der Waals surface area contributed by atoms with E-state index in [1.54, 1.807) is 6.20 Å². The standard InChI is InChI=1S/C9H7F2N3/c10-6-2-1-3-7(8(6)11)14-9-12-4-5-13-9/h1-5H,(H2,12,13,14). The Labute approximate surface area is 78.8 Å². The first-order chi connectivity index (χ1) is 6.77. The molecule has 1 aromatic carbocycles. The molecule has 0 aliphatic heterocycles. The second-order valence-electron chi connectivity index (χ2n) is 2.66. The minimum Gasteiger partial charge on any atom is -0.331 e. The number of nitrogens with one attached hydrogen (secondary N) is 2. The zero-order valence-corrected chi connectivity index (χ0v) is 7.09. The van der Waals surface area contributed by atoms with Crippen LogP contribution in [0.2, 0.25) is 0 Å². The maximum atomic E-state index is 13.1. The summed E-state index contributed by atoms with van der Waals surface area (Å²) in [7, 11) is 0. The van der Waals surface area contributed by atoms with E-state index < -0.39 is 11.6 Å². The molecule has 14 heavy (non-hydrogen) atoms. The molecule has 2 rings (SSSR count). The molecule has 0 spiro atoms. The lowest BCUT2D eigenvalue weighted by molar-refractivity contribution is 0.511. The molecule has 0 aliphatic rings. The highest BCUT2D eigenvalue weighted by molar-refractivity contribution is 5.53. The lowest BCUT2D eigenvalue weighted by Gasteiger charge is -2.03. The zero-order valence-electron chi connectivity index (χ0n) is 7.09. The van der Waals surface area contributed by atoms with E-state index in [-0.39, 0.29) is 5.69 Å². The number of hydrogen-bond donors (Lipinski definition) is 2. The van der Waals surface area contributed by atoms with Crippen LogP contribution >= 0.6 is 0 Å². The molecule has 0 atom stereocenters. The molecule has 0 unspecified atom stereocenters. The van der Waals surface area contributed by atoms with Crippen LogP contribution in [0.15, 0.2) is 30.6 Å². The molecule has 1 heterocycles. The van der Waals surface area contributed by atoms with Crippen LogP contribution in [0, 0.1) is 11.6 Å². The Balaban J connectivity index is 2.29. The molecule has 3 nitrogen and oxygen atoms in total. The van der Waals surface area contributed by atoms with E-state index in [4.69, 9.17) is 0 Å². The summed E-state index contributed by atoms with van der Waals surface area (Å²) in [6, 6.07) is 3.91. The number of hydrogen-bond acceptors (Lipinski definition) is 2. The Morgan fingerprint density at radius 3 is 2.86 bits per heavy atom. The molecule has 0 radical (unpaired) electrons. The number of anilines is 2. The highest BCUT2D eigenvalue weighted by Crippen LogP contribution is 2.19. The SMILES string of the molecule is Fc1cccc(Nc2ncc[nH]2)c1F. The van der Waals surface area contributed by atoms with E-state index in [0.29, 0.717) is 5.95 Å². The molecule has 0 fully saturated rings. The number of H-pyrrole nitrogens is 1. The number of benzene rings is 1. The van der Waals surface area contributed by atoms with E-state index in [1.165, 1.54) is 18.3 Å². The van der Waals surface area contributed by atoms with Crippen molar-refractivity contribution < 1.29 is 8.78 Å². The average Bonchev–Trinajstić information content (AvgIpc) is 2.66. The van der Waals surface area contributed by atoms with Gasteiger partial charge >= 0.3 is 0 Å². The monoisotopic (exact) mass is 195 g/mol. The average molecular weight is 195 g/mol. The summed E-state index contributed by atoms with van der Waals surface area (Å²) in [6.45, 7) is 0. The fraction of sp³-hybridized carbons (Fsp3) is 0. The van der Waals surface area contributed by atoms with Gasteiger partial charge in [-0.15, -0.1) is 0 Å². The molecule has 1 aromatic heterocycles. The molecule has 0 bridgehead atoms. The summed E-state index contributed by atoms with van der Waals surface area (Å²) in [6.07, 6.45) is 3.10. The molecular formula is C9H7F2N3. The summed E-state index contributed by atoms with van der Waals surface area (Å²) in [5, 5.41) is 2.61. The van der Waals surface area contributed by atoms with E-state index in [0.717, 1.165) is 6.07 Å². The second-order valence-corrected chi connectivity index (χ2v) is 2.66. The second kappa shape index (κ2) is 3.45. The summed E-state index contributed by atoms with van der Waals surface area (Å²) >= 11 is 0. The Hall–Kier alpha value is -1.91. The zero-order chi connectivity index (χ0) is 9.97. The van der Waals surface area contributed by atoms with E-state index in [2.05, 4.69) is 15.3 Å². The summed E-state index contributed by atoms with van der Waals surface area (Å²) < 4.78 is 25.9. The van der Waals surface area contributed by atoms with Crippen molar-refractivity contribution in [2.75, 3.05) is 5.32 Å². The van der Waals surface area contributed by atoms with Gasteiger partial charge in [-0.05, 0) is 12.1 Å². The largest absolute Gasteiger partial charge is 0.331 e. The number of aromatic amines is 1. The fourth-order valence-electron chi connectivity index (χ4n) is 1.06. The van der Waals surface area contributed by atoms with Gasteiger partial charge in [0.25, 0.3) is 0 Å². The van der Waals surface area contributed by atoms with Gasteiger partial charge in [0.05, 0.1) is 5.69 Å². The van der Waals surface area contributed by atoms with Crippen LogP contribution in [0.5, 0.6) is 0 Å². The van der Waals surface area contributed by atoms with Crippen molar-refractivity contribution in [3.05, 3.63) is 42.2 Å². The van der Waals surface area contributed by atoms with Crippen molar-refractivity contribution in [2.45, 2.75) is 0 Å². The Morgan fingerprint density at radius 1 is 1.29 bits per heavy atom. The van der Waals surface area contributed by atoms with Crippen LogP contribution in [0.1, 0.15) is 0 Å². The molecule has 2 N–H and O–H groups in total. The predicted octanol–water partition coefficient (Wildman–Crippen LogP) is 2.43. The number of rotatable bonds is 2. The van der Waals surface area contributed by atoms with Crippen molar-refractivity contribution in [3.63, 3.8) is 0 Å². The summed E-state index contributed by atoms with van der Waals surface area (Å²) in [5.41, 5.74) is 0.0555. The molecule has 5 heteroatoms. The molecule has 0 saturated heterocycles. The van der Waals surface area contributed by atoms with Gasteiger partial charge in [0.1, 0.15) is 0 Å². The van der Waals surface area contributed by atoms with E-state index in [1.807, 2.05) is 0 Å². The third kappa shape index (κ3) is 1.56. The van der Waals surface area contributed by atoms with Gasteiger partial charge in [0, 0.05) is 12.4 Å². The van der Waals surface area contributed by atoms with Gasteiger partial charge in [0.15, 0.2) is 11.6 Å². The Bertz CT molecular complexity index is 426. The first-order valence-electron chi connectivity index (χ1n) is 3.98. The van der Waals surface area contributed by atoms with Crippen LogP contribution in [-0.4, -0.2) is 9.97 Å². The van der Waals surface area contributed by atoms with Crippen molar-refractivity contribution in [1.29, 1.82) is 0 Å². The highest BCUT2D eigenvalue weighted by atomic mass is 19.2. The van der Waals surface area contributed by atoms with Crippen LogP contribution < -0.4 is 5.32 Å². The lowest BCUT2D eigenvalue weighted by atomic mass is 10.3. The Kier molecular flexibility index (Phi) is 2.14. The third-order valence-corrected chi connectivity index (χ3v) is 1.70. The third-order valence-electron chi connectivity index (χ3n) is 1.70. The minimum absolute atomic E-state index is 0.0555. The van der Waals surface area contributed by atoms with E-state index in [9.17, 15) is 8.78 Å². The molecule has 72 valence electrons. The lowest BCUT2D eigenvalue weighted by Crippen LogP contribution is -1.97. The molecule has 0 saturated carbocycles. The maximum Gasteiger partial charge on any atom is 0.204 e. The van der Waals surface area contributed by atoms with Crippen LogP contribution in [-0.2, 0) is 0 Å². The van der Waals surface area contributed by atoms with Gasteiger partial charge in [0.2, 0.25) is 5.95 Å². The summed E-state index contributed by atoms with van der Waals surface area (Å²) in [5.74, 6) is -1.43. The minimum atomic E-state index is -0.913. The van der Waals surface area contributed by atoms with Crippen molar-refractivity contribution in [3.8, 4) is 0 Å². The van der Waals surface area contributed by atoms with Gasteiger partial charge < -0.3 is 10.3 Å². The summed E-state index contributed by atoms with van der Waals surface area (Å²) in [4.78, 5) is 6.55. The first-order valence-corrected chi connectivity index (χ1v) is 3.98. The number of imidazole rings is 1. The van der Waals surface area contributed by atoms with E-state index >= 15 is 0 Å². The van der Waals surface area contributed by atoms with Crippen LogP contribution in [0.4, 0.5) is 20.4 Å². The molecule has 0 amide bonds. The quantitative estimate of drug-likeness (QED) is 0.772. The predicted molar refractivity (Wildman–Crippen MR) is 48.2 cm³/mol. The molecular weight excluding hydrogens is 188 g/mol. The highest BCUT2D eigenvalue weighted by Gasteiger charge is 2.07. The van der Waals surface area contributed by atoms with Gasteiger partial charge in [-0.25, -0.2) is 13.8 Å². The smallest absolute Gasteiger partial charge is 0.204 e. The number of nitrogens with zero attached hydrogens (tertiary/aromatic N) is 1. The fourth-order valence-corrected chi connectivity index (χ4v) is 1.06. The molecule has 2 aromatic rings. The Morgan fingerprint density at radius 2 is 2.14 bits per heavy atom. The van der Waals surface area contributed by atoms with Gasteiger partial charge in [-0.1, -0.05) is 6.07 Å².